The van der Waals surface area contributed by atoms with Crippen LogP contribution in [0.25, 0.3) is 22.3 Å². The highest BCUT2D eigenvalue weighted by molar-refractivity contribution is 7.92. The average molecular weight is 550 g/mol. The van der Waals surface area contributed by atoms with Crippen LogP contribution in [0.1, 0.15) is 11.1 Å². The molecule has 4 aromatic carbocycles. The van der Waals surface area contributed by atoms with Crippen molar-refractivity contribution in [2.45, 2.75) is 13.5 Å². The molecule has 0 spiro atoms. The number of benzene rings is 4. The van der Waals surface area contributed by atoms with Crippen LogP contribution in [-0.4, -0.2) is 46.2 Å². The van der Waals surface area contributed by atoms with Crippen LogP contribution >= 0.6 is 0 Å². The molecule has 4 aromatic rings. The van der Waals surface area contributed by atoms with Crippen molar-refractivity contribution < 1.29 is 32.8 Å². The van der Waals surface area contributed by atoms with E-state index in [9.17, 15) is 18.6 Å². The number of hydrogen-bond donors (Lipinski definition) is 2. The van der Waals surface area contributed by atoms with Crippen molar-refractivity contribution in [2.24, 2.45) is 0 Å². The van der Waals surface area contributed by atoms with E-state index in [2.05, 4.69) is 0 Å². The Hall–Kier alpha value is -4.37. The number of nitrogens with zero attached hydrogens (tertiary/aromatic N) is 1. The number of methoxy groups -OCH3 is 2. The summed E-state index contributed by atoms with van der Waals surface area (Å²) in [5.41, 5.74) is 4.16. The summed E-state index contributed by atoms with van der Waals surface area (Å²) in [6.45, 7) is 2.11. The Morgan fingerprint density at radius 2 is 1.54 bits per heavy atom. The predicted molar refractivity (Wildman–Crippen MR) is 153 cm³/mol. The van der Waals surface area contributed by atoms with E-state index in [1.807, 2.05) is 43.3 Å². The molecule has 0 fully saturated rings. The van der Waals surface area contributed by atoms with Crippen LogP contribution in [0.15, 0.2) is 72.8 Å². The Labute approximate surface area is 228 Å². The number of phenolic OH excluding ortho intramolecular Hbond substituents is 2. The van der Waals surface area contributed by atoms with Crippen LogP contribution in [0.4, 0.5) is 5.69 Å². The molecule has 0 aliphatic rings. The van der Waals surface area contributed by atoms with E-state index in [-0.39, 0.29) is 23.9 Å². The van der Waals surface area contributed by atoms with Gasteiger partial charge in [-0.3, -0.25) is 4.31 Å². The van der Waals surface area contributed by atoms with Gasteiger partial charge in [0.1, 0.15) is 12.4 Å². The lowest BCUT2D eigenvalue weighted by molar-refractivity contribution is 0.289. The average Bonchev–Trinajstić information content (AvgIpc) is 2.91. The molecular weight excluding hydrogens is 518 g/mol. The van der Waals surface area contributed by atoms with Crippen molar-refractivity contribution in [1.29, 1.82) is 0 Å². The minimum atomic E-state index is -3.49. The smallest absolute Gasteiger partial charge is 0.232 e. The van der Waals surface area contributed by atoms with Crippen LogP contribution in [-0.2, 0) is 16.6 Å². The van der Waals surface area contributed by atoms with Crippen molar-refractivity contribution in [2.75, 3.05) is 31.8 Å². The summed E-state index contributed by atoms with van der Waals surface area (Å²) in [5, 5.41) is 22.0. The molecule has 0 saturated heterocycles. The monoisotopic (exact) mass is 549 g/mol. The molecule has 0 bridgehead atoms. The first-order valence-corrected chi connectivity index (χ1v) is 13.9. The molecule has 0 atom stereocenters. The Morgan fingerprint density at radius 3 is 2.15 bits per heavy atom. The van der Waals surface area contributed by atoms with Crippen molar-refractivity contribution in [3.63, 3.8) is 0 Å². The molecule has 204 valence electrons. The molecule has 4 rings (SSSR count). The summed E-state index contributed by atoms with van der Waals surface area (Å²) in [7, 11) is 0.906. The lowest BCUT2D eigenvalue weighted by Gasteiger charge is -2.22. The third-order valence-corrected chi connectivity index (χ3v) is 7.68. The van der Waals surface area contributed by atoms with E-state index in [0.717, 1.165) is 17.4 Å². The SMILES string of the molecule is COc1cc(-c2ccc(C)c(N(C)S(C)(=O)=O)c2)c(OC)c(O)c1-c1ccc(OCc2ccccc2)c(O)c1. The molecule has 0 unspecified atom stereocenters. The third-order valence-electron chi connectivity index (χ3n) is 6.48. The topological polar surface area (TPSA) is 106 Å². The van der Waals surface area contributed by atoms with Gasteiger partial charge < -0.3 is 24.4 Å². The Bertz CT molecular complexity index is 1600. The van der Waals surface area contributed by atoms with Gasteiger partial charge in [0.2, 0.25) is 10.0 Å². The summed E-state index contributed by atoms with van der Waals surface area (Å²) in [4.78, 5) is 0. The van der Waals surface area contributed by atoms with E-state index in [1.54, 1.807) is 30.3 Å². The quantitative estimate of drug-likeness (QED) is 0.275. The zero-order valence-electron chi connectivity index (χ0n) is 22.4. The highest BCUT2D eigenvalue weighted by Crippen LogP contribution is 2.50. The van der Waals surface area contributed by atoms with Gasteiger partial charge in [-0.1, -0.05) is 48.5 Å². The first kappa shape index (κ1) is 27.7. The van der Waals surface area contributed by atoms with Gasteiger partial charge in [0.15, 0.2) is 23.0 Å². The van der Waals surface area contributed by atoms with Crippen molar-refractivity contribution in [3.8, 4) is 51.0 Å². The number of hydrogen-bond acceptors (Lipinski definition) is 7. The van der Waals surface area contributed by atoms with Crippen LogP contribution < -0.4 is 18.5 Å². The van der Waals surface area contributed by atoms with Gasteiger partial charge in [-0.05, 0) is 53.4 Å². The second-order valence-corrected chi connectivity index (χ2v) is 11.1. The second kappa shape index (κ2) is 11.2. The first-order chi connectivity index (χ1) is 18.5. The van der Waals surface area contributed by atoms with E-state index in [4.69, 9.17) is 14.2 Å². The molecule has 0 amide bonds. The number of phenols is 2. The number of sulfonamides is 1. The summed E-state index contributed by atoms with van der Waals surface area (Å²) >= 11 is 0. The van der Waals surface area contributed by atoms with Crippen LogP contribution in [0.2, 0.25) is 0 Å². The minimum Gasteiger partial charge on any atom is -0.504 e. The molecular formula is C30H31NO7S. The fourth-order valence-electron chi connectivity index (χ4n) is 4.31. The summed E-state index contributed by atoms with van der Waals surface area (Å²) in [5.74, 6) is 0.514. The molecule has 0 heterocycles. The molecule has 0 aromatic heterocycles. The Balaban J connectivity index is 1.76. The van der Waals surface area contributed by atoms with Crippen LogP contribution in [0.3, 0.4) is 0 Å². The minimum absolute atomic E-state index is 0.0973. The molecule has 0 aliphatic carbocycles. The number of ether oxygens (including phenoxy) is 3. The van der Waals surface area contributed by atoms with Gasteiger partial charge >= 0.3 is 0 Å². The number of anilines is 1. The zero-order valence-corrected chi connectivity index (χ0v) is 23.2. The van der Waals surface area contributed by atoms with Crippen LogP contribution in [0.5, 0.6) is 28.7 Å². The van der Waals surface area contributed by atoms with Crippen molar-refractivity contribution in [3.05, 3.63) is 83.9 Å². The standard InChI is InChI=1S/C30H31NO7S/c1-19-11-12-21(15-24(19)31(2)39(5,34)35)23-17-27(36-3)28(29(33)30(23)37-4)22-13-14-26(25(32)16-22)38-18-20-9-7-6-8-10-20/h6-17,32-33H,18H2,1-5H3. The summed E-state index contributed by atoms with van der Waals surface area (Å²) in [6.07, 6.45) is 1.14. The molecule has 9 heteroatoms. The van der Waals surface area contributed by atoms with Gasteiger partial charge in [0, 0.05) is 12.6 Å². The highest BCUT2D eigenvalue weighted by Gasteiger charge is 2.24. The molecule has 0 aliphatic heterocycles. The number of aromatic hydroxyl groups is 2. The second-order valence-electron chi connectivity index (χ2n) is 9.07. The fourth-order valence-corrected chi connectivity index (χ4v) is 4.87. The molecule has 8 nitrogen and oxygen atoms in total. The zero-order chi connectivity index (χ0) is 28.3. The van der Waals surface area contributed by atoms with Crippen molar-refractivity contribution in [1.82, 2.24) is 0 Å². The maximum atomic E-state index is 12.2. The molecule has 0 radical (unpaired) electrons. The van der Waals surface area contributed by atoms with Gasteiger partial charge in [-0.25, -0.2) is 8.42 Å². The number of aryl methyl sites for hydroxylation is 1. The lowest BCUT2D eigenvalue weighted by atomic mass is 9.95. The van der Waals surface area contributed by atoms with E-state index < -0.39 is 10.0 Å². The number of rotatable bonds is 9. The van der Waals surface area contributed by atoms with Gasteiger partial charge in [0.05, 0.1) is 31.7 Å². The van der Waals surface area contributed by atoms with Gasteiger partial charge in [-0.2, -0.15) is 0 Å². The maximum Gasteiger partial charge on any atom is 0.232 e. The predicted octanol–water partition coefficient (Wildman–Crippen LogP) is 5.73. The van der Waals surface area contributed by atoms with Gasteiger partial charge in [0.25, 0.3) is 0 Å². The van der Waals surface area contributed by atoms with Crippen molar-refractivity contribution >= 4 is 15.7 Å². The Kier molecular flexibility index (Phi) is 7.92. The van der Waals surface area contributed by atoms with Gasteiger partial charge in [-0.15, -0.1) is 0 Å². The van der Waals surface area contributed by atoms with E-state index >= 15 is 0 Å². The molecule has 0 saturated carbocycles. The first-order valence-electron chi connectivity index (χ1n) is 12.1. The van der Waals surface area contributed by atoms with Crippen LogP contribution in [0, 0.1) is 6.92 Å². The molecule has 2 N–H and O–H groups in total. The third kappa shape index (κ3) is 5.73. The lowest BCUT2D eigenvalue weighted by Crippen LogP contribution is -2.25. The van der Waals surface area contributed by atoms with E-state index in [0.29, 0.717) is 39.4 Å². The summed E-state index contributed by atoms with van der Waals surface area (Å²) in [6, 6.07) is 21.5. The maximum absolute atomic E-state index is 12.2. The fraction of sp³-hybridized carbons (Fsp3) is 0.200. The normalized spacial score (nSPS) is 11.2. The highest BCUT2D eigenvalue weighted by atomic mass is 32.2. The Morgan fingerprint density at radius 1 is 0.846 bits per heavy atom. The van der Waals surface area contributed by atoms with E-state index in [1.165, 1.54) is 31.6 Å². The molecule has 39 heavy (non-hydrogen) atoms. The summed E-state index contributed by atoms with van der Waals surface area (Å²) < 4.78 is 42.6. The largest absolute Gasteiger partial charge is 0.504 e.